The van der Waals surface area contributed by atoms with Crippen LogP contribution < -0.4 is 0 Å². The number of amides is 1. The second-order valence-electron chi connectivity index (χ2n) is 4.35. The summed E-state index contributed by atoms with van der Waals surface area (Å²) < 4.78 is 32.2. The van der Waals surface area contributed by atoms with Gasteiger partial charge in [-0.3, -0.25) is 4.79 Å². The van der Waals surface area contributed by atoms with Crippen molar-refractivity contribution in [3.05, 3.63) is 35.4 Å². The van der Waals surface area contributed by atoms with Gasteiger partial charge in [0.2, 0.25) is 5.91 Å². The summed E-state index contributed by atoms with van der Waals surface area (Å²) in [5, 5.41) is 0. The van der Waals surface area contributed by atoms with Crippen molar-refractivity contribution in [2.45, 2.75) is 12.5 Å². The maximum absolute atomic E-state index is 13.5. The van der Waals surface area contributed by atoms with E-state index in [2.05, 4.69) is 0 Å². The number of hydrogen-bond acceptors (Lipinski definition) is 2. The van der Waals surface area contributed by atoms with Crippen molar-refractivity contribution in [2.24, 2.45) is 0 Å². The normalized spacial score (nSPS) is 19.5. The van der Waals surface area contributed by atoms with Crippen LogP contribution in [0.4, 0.5) is 8.78 Å². The first-order valence-electron chi connectivity index (χ1n) is 5.99. The molecule has 1 aliphatic heterocycles. The van der Waals surface area contributed by atoms with Gasteiger partial charge in [-0.15, -0.1) is 11.6 Å². The number of ether oxygens (including phenoxy) is 1. The highest BCUT2D eigenvalue weighted by molar-refractivity contribution is 6.18. The molecule has 104 valence electrons. The number of rotatable bonds is 3. The Balaban J connectivity index is 2.12. The van der Waals surface area contributed by atoms with E-state index < -0.39 is 11.6 Å². The summed E-state index contributed by atoms with van der Waals surface area (Å²) >= 11 is 5.76. The first-order valence-corrected chi connectivity index (χ1v) is 6.53. The highest BCUT2D eigenvalue weighted by Gasteiger charge is 2.27. The van der Waals surface area contributed by atoms with Crippen LogP contribution in [0.25, 0.3) is 0 Å². The molecule has 1 atom stereocenters. The predicted octanol–water partition coefficient (Wildman–Crippen LogP) is 1.97. The minimum absolute atomic E-state index is 0.202. The van der Waals surface area contributed by atoms with Gasteiger partial charge in [0.05, 0.1) is 25.7 Å². The van der Waals surface area contributed by atoms with Crippen LogP contribution >= 0.6 is 11.6 Å². The zero-order valence-electron chi connectivity index (χ0n) is 10.2. The van der Waals surface area contributed by atoms with E-state index in [-0.39, 0.29) is 29.8 Å². The van der Waals surface area contributed by atoms with Crippen LogP contribution in [0.3, 0.4) is 0 Å². The second-order valence-corrected chi connectivity index (χ2v) is 4.66. The highest BCUT2D eigenvalue weighted by Crippen LogP contribution is 2.16. The Morgan fingerprint density at radius 3 is 2.74 bits per heavy atom. The van der Waals surface area contributed by atoms with Gasteiger partial charge < -0.3 is 9.64 Å². The summed E-state index contributed by atoms with van der Waals surface area (Å²) in [6.45, 7) is 1.17. The van der Waals surface area contributed by atoms with Gasteiger partial charge in [-0.1, -0.05) is 6.07 Å². The quantitative estimate of drug-likeness (QED) is 0.796. The average molecular weight is 290 g/mol. The van der Waals surface area contributed by atoms with Crippen LogP contribution in [0.2, 0.25) is 0 Å². The Bertz CT molecular complexity index is 450. The Labute approximate surface area is 115 Å². The van der Waals surface area contributed by atoms with Crippen molar-refractivity contribution in [3.63, 3.8) is 0 Å². The molecule has 1 saturated heterocycles. The lowest BCUT2D eigenvalue weighted by Gasteiger charge is -2.34. The van der Waals surface area contributed by atoms with E-state index in [0.717, 1.165) is 12.1 Å². The van der Waals surface area contributed by atoms with Crippen molar-refractivity contribution in [3.8, 4) is 0 Å². The van der Waals surface area contributed by atoms with E-state index >= 15 is 0 Å². The smallest absolute Gasteiger partial charge is 0.227 e. The fraction of sp³-hybridized carbons (Fsp3) is 0.462. The van der Waals surface area contributed by atoms with E-state index in [9.17, 15) is 13.6 Å². The lowest BCUT2D eigenvalue weighted by molar-refractivity contribution is -0.138. The fourth-order valence-electron chi connectivity index (χ4n) is 2.06. The van der Waals surface area contributed by atoms with E-state index in [1.165, 1.54) is 11.0 Å². The summed E-state index contributed by atoms with van der Waals surface area (Å²) in [7, 11) is 0. The molecule has 0 bridgehead atoms. The number of benzene rings is 1. The van der Waals surface area contributed by atoms with Crippen molar-refractivity contribution >= 4 is 17.5 Å². The minimum Gasteiger partial charge on any atom is -0.377 e. The van der Waals surface area contributed by atoms with Crippen LogP contribution in [0, 0.1) is 11.6 Å². The summed E-state index contributed by atoms with van der Waals surface area (Å²) in [6, 6.07) is 3.32. The van der Waals surface area contributed by atoms with Crippen molar-refractivity contribution in [1.29, 1.82) is 0 Å². The summed E-state index contributed by atoms with van der Waals surface area (Å²) in [6.07, 6.45) is -0.300. The highest BCUT2D eigenvalue weighted by atomic mass is 35.5. The number of morpholine rings is 1. The molecule has 19 heavy (non-hydrogen) atoms. The van der Waals surface area contributed by atoms with E-state index in [1.807, 2.05) is 0 Å². The average Bonchev–Trinajstić information content (AvgIpc) is 2.42. The Hall–Kier alpha value is -1.20. The van der Waals surface area contributed by atoms with Gasteiger partial charge in [-0.25, -0.2) is 8.78 Å². The third kappa shape index (κ3) is 3.22. The number of nitrogens with zero attached hydrogens (tertiary/aromatic N) is 1. The van der Waals surface area contributed by atoms with Crippen LogP contribution in [0.1, 0.15) is 5.56 Å². The van der Waals surface area contributed by atoms with Gasteiger partial charge in [0.25, 0.3) is 0 Å². The molecular formula is C13H14ClF2NO2. The maximum atomic E-state index is 13.5. The topological polar surface area (TPSA) is 29.5 Å². The van der Waals surface area contributed by atoms with E-state index in [0.29, 0.717) is 19.8 Å². The van der Waals surface area contributed by atoms with E-state index in [1.54, 1.807) is 0 Å². The SMILES string of the molecule is O=C(Cc1c(F)cccc1F)N1CCOCC1CCl. The van der Waals surface area contributed by atoms with E-state index in [4.69, 9.17) is 16.3 Å². The molecule has 0 spiro atoms. The molecule has 2 rings (SSSR count). The second kappa shape index (κ2) is 6.30. The molecule has 1 aromatic carbocycles. The number of halogens is 3. The zero-order chi connectivity index (χ0) is 13.8. The molecule has 1 unspecified atom stereocenters. The molecule has 1 heterocycles. The number of carbonyl (C=O) groups excluding carboxylic acids is 1. The molecule has 1 amide bonds. The Morgan fingerprint density at radius 2 is 2.11 bits per heavy atom. The summed E-state index contributed by atoms with van der Waals surface area (Å²) in [5.74, 6) is -1.50. The number of hydrogen-bond donors (Lipinski definition) is 0. The molecule has 0 radical (unpaired) electrons. The third-order valence-electron chi connectivity index (χ3n) is 3.12. The van der Waals surface area contributed by atoms with Gasteiger partial charge in [-0.05, 0) is 12.1 Å². The zero-order valence-corrected chi connectivity index (χ0v) is 11.0. The molecule has 0 aliphatic carbocycles. The van der Waals surface area contributed by atoms with Crippen LogP contribution in [-0.2, 0) is 16.0 Å². The molecule has 0 aromatic heterocycles. The van der Waals surface area contributed by atoms with Gasteiger partial charge in [0.15, 0.2) is 0 Å². The Morgan fingerprint density at radius 1 is 1.42 bits per heavy atom. The third-order valence-corrected chi connectivity index (χ3v) is 3.47. The first kappa shape index (κ1) is 14.2. The van der Waals surface area contributed by atoms with Gasteiger partial charge in [-0.2, -0.15) is 0 Å². The summed E-state index contributed by atoms with van der Waals surface area (Å²) in [5.41, 5.74) is -0.202. The molecule has 3 nitrogen and oxygen atoms in total. The largest absolute Gasteiger partial charge is 0.377 e. The van der Waals surface area contributed by atoms with Gasteiger partial charge in [0.1, 0.15) is 11.6 Å². The first-order chi connectivity index (χ1) is 9.13. The van der Waals surface area contributed by atoms with Crippen LogP contribution in [-0.4, -0.2) is 42.5 Å². The number of alkyl halides is 1. The minimum atomic E-state index is -0.705. The lowest BCUT2D eigenvalue weighted by atomic mass is 10.1. The van der Waals surface area contributed by atoms with Gasteiger partial charge >= 0.3 is 0 Å². The summed E-state index contributed by atoms with van der Waals surface area (Å²) in [4.78, 5) is 13.6. The fourth-order valence-corrected chi connectivity index (χ4v) is 2.32. The molecule has 6 heteroatoms. The van der Waals surface area contributed by atoms with Crippen molar-refractivity contribution < 1.29 is 18.3 Å². The van der Waals surface area contributed by atoms with Crippen molar-refractivity contribution in [2.75, 3.05) is 25.6 Å². The predicted molar refractivity (Wildman–Crippen MR) is 67.1 cm³/mol. The molecule has 1 aliphatic rings. The maximum Gasteiger partial charge on any atom is 0.227 e. The van der Waals surface area contributed by atoms with Gasteiger partial charge in [0, 0.05) is 18.0 Å². The molecule has 0 N–H and O–H groups in total. The molecular weight excluding hydrogens is 276 g/mol. The standard InChI is InChI=1S/C13H14ClF2NO2/c14-7-9-8-19-5-4-17(9)13(18)6-10-11(15)2-1-3-12(10)16/h1-3,9H,4-8H2. The molecule has 1 aromatic rings. The van der Waals surface area contributed by atoms with Crippen LogP contribution in [0.15, 0.2) is 18.2 Å². The van der Waals surface area contributed by atoms with Crippen molar-refractivity contribution in [1.82, 2.24) is 4.90 Å². The molecule has 0 saturated carbocycles. The monoisotopic (exact) mass is 289 g/mol. The molecule has 1 fully saturated rings. The van der Waals surface area contributed by atoms with Crippen LogP contribution in [0.5, 0.6) is 0 Å². The Kier molecular flexibility index (Phi) is 4.71. The lowest BCUT2D eigenvalue weighted by Crippen LogP contribution is -2.50. The number of carbonyl (C=O) groups is 1.